The number of ether oxygens (including phenoxy) is 1. The van der Waals surface area contributed by atoms with Gasteiger partial charge in [0.2, 0.25) is 0 Å². The number of aliphatic hydroxyl groups excluding tert-OH is 1. The van der Waals surface area contributed by atoms with Gasteiger partial charge in [0.1, 0.15) is 12.4 Å². The summed E-state index contributed by atoms with van der Waals surface area (Å²) >= 11 is 0. The average molecular weight is 264 g/mol. The Morgan fingerprint density at radius 3 is 2.84 bits per heavy atom. The van der Waals surface area contributed by atoms with Gasteiger partial charge >= 0.3 is 0 Å². The van der Waals surface area contributed by atoms with Gasteiger partial charge in [0, 0.05) is 17.7 Å². The minimum Gasteiger partial charge on any atom is -0.384 e. The van der Waals surface area contributed by atoms with Crippen LogP contribution in [0.1, 0.15) is 37.8 Å². The highest BCUT2D eigenvalue weighted by Gasteiger charge is 2.05. The van der Waals surface area contributed by atoms with Crippen LogP contribution in [0.3, 0.4) is 0 Å². The van der Waals surface area contributed by atoms with Crippen LogP contribution in [0.5, 0.6) is 0 Å². The van der Waals surface area contributed by atoms with Crippen LogP contribution >= 0.6 is 0 Å². The lowest BCUT2D eigenvalue weighted by atomic mass is 10.1. The first-order valence-electron chi connectivity index (χ1n) is 6.63. The molecule has 0 saturated carbocycles. The molecule has 1 N–H and O–H groups in total. The zero-order chi connectivity index (χ0) is 14.1. The molecule has 0 saturated heterocycles. The SMILES string of the molecule is CCCC(C)COCc1ccc(C#CCO)cc1F. The minimum absolute atomic E-state index is 0.220. The molecule has 1 aromatic rings. The fraction of sp³-hybridized carbons (Fsp3) is 0.500. The molecule has 1 unspecified atom stereocenters. The van der Waals surface area contributed by atoms with Crippen LogP contribution in [-0.4, -0.2) is 18.3 Å². The van der Waals surface area contributed by atoms with E-state index < -0.39 is 0 Å². The Morgan fingerprint density at radius 1 is 1.42 bits per heavy atom. The molecule has 0 spiro atoms. The lowest BCUT2D eigenvalue weighted by molar-refractivity contribution is 0.0874. The first-order valence-corrected chi connectivity index (χ1v) is 6.63. The largest absolute Gasteiger partial charge is 0.384 e. The summed E-state index contributed by atoms with van der Waals surface area (Å²) in [4.78, 5) is 0. The molecule has 0 heterocycles. The predicted molar refractivity (Wildman–Crippen MR) is 74.1 cm³/mol. The molecule has 1 rings (SSSR count). The number of benzene rings is 1. The van der Waals surface area contributed by atoms with E-state index >= 15 is 0 Å². The second-order valence-corrected chi connectivity index (χ2v) is 4.68. The van der Waals surface area contributed by atoms with Crippen LogP contribution in [0, 0.1) is 23.6 Å². The molecule has 1 atom stereocenters. The molecule has 0 bridgehead atoms. The highest BCUT2D eigenvalue weighted by molar-refractivity contribution is 5.36. The Bertz CT molecular complexity index is 446. The zero-order valence-electron chi connectivity index (χ0n) is 11.6. The van der Waals surface area contributed by atoms with Crippen molar-refractivity contribution in [3.8, 4) is 11.8 Å². The molecule has 3 heteroatoms. The van der Waals surface area contributed by atoms with Crippen molar-refractivity contribution >= 4 is 0 Å². The molecular formula is C16H21FO2. The van der Waals surface area contributed by atoms with Gasteiger partial charge < -0.3 is 9.84 Å². The number of hydrogen-bond donors (Lipinski definition) is 1. The number of aliphatic hydroxyl groups is 1. The third-order valence-corrected chi connectivity index (χ3v) is 2.81. The smallest absolute Gasteiger partial charge is 0.129 e. The van der Waals surface area contributed by atoms with E-state index in [1.54, 1.807) is 12.1 Å². The molecule has 0 aliphatic rings. The summed E-state index contributed by atoms with van der Waals surface area (Å²) in [6.07, 6.45) is 2.26. The van der Waals surface area contributed by atoms with E-state index in [0.29, 0.717) is 23.7 Å². The summed E-state index contributed by atoms with van der Waals surface area (Å²) in [6.45, 7) is 4.99. The quantitative estimate of drug-likeness (QED) is 0.800. The van der Waals surface area contributed by atoms with E-state index in [-0.39, 0.29) is 19.0 Å². The van der Waals surface area contributed by atoms with Crippen LogP contribution in [0.15, 0.2) is 18.2 Å². The van der Waals surface area contributed by atoms with Crippen molar-refractivity contribution in [3.63, 3.8) is 0 Å². The van der Waals surface area contributed by atoms with Crippen molar-refractivity contribution in [2.75, 3.05) is 13.2 Å². The summed E-state index contributed by atoms with van der Waals surface area (Å²) in [5, 5.41) is 8.58. The molecule has 0 aliphatic carbocycles. The standard InChI is InChI=1S/C16H21FO2/c1-3-5-13(2)11-19-12-15-8-7-14(6-4-9-18)10-16(15)17/h7-8,10,13,18H,3,5,9,11-12H2,1-2H3. The molecule has 1 aromatic carbocycles. The average Bonchev–Trinajstić information content (AvgIpc) is 2.39. The predicted octanol–water partition coefficient (Wildman–Crippen LogP) is 3.12. The first kappa shape index (κ1) is 15.7. The van der Waals surface area contributed by atoms with Gasteiger partial charge in [-0.2, -0.15) is 0 Å². The lowest BCUT2D eigenvalue weighted by Crippen LogP contribution is -2.06. The van der Waals surface area contributed by atoms with Crippen LogP contribution in [0.2, 0.25) is 0 Å². The summed E-state index contributed by atoms with van der Waals surface area (Å²) in [5.41, 5.74) is 1.10. The maximum absolute atomic E-state index is 13.7. The van der Waals surface area contributed by atoms with Crippen LogP contribution in [0.25, 0.3) is 0 Å². The van der Waals surface area contributed by atoms with Crippen molar-refractivity contribution in [2.45, 2.75) is 33.3 Å². The summed E-state index contributed by atoms with van der Waals surface area (Å²) < 4.78 is 19.3. The zero-order valence-corrected chi connectivity index (χ0v) is 11.6. The fourth-order valence-corrected chi connectivity index (χ4v) is 1.83. The van der Waals surface area contributed by atoms with Gasteiger partial charge in [0.05, 0.1) is 6.61 Å². The van der Waals surface area contributed by atoms with E-state index in [1.165, 1.54) is 6.07 Å². The monoisotopic (exact) mass is 264 g/mol. The van der Waals surface area contributed by atoms with Crippen LogP contribution in [0.4, 0.5) is 4.39 Å². The maximum atomic E-state index is 13.7. The van der Waals surface area contributed by atoms with Gasteiger partial charge in [-0.3, -0.25) is 0 Å². The highest BCUT2D eigenvalue weighted by atomic mass is 19.1. The normalized spacial score (nSPS) is 11.8. The highest BCUT2D eigenvalue weighted by Crippen LogP contribution is 2.13. The molecule has 0 aromatic heterocycles. The molecule has 19 heavy (non-hydrogen) atoms. The van der Waals surface area contributed by atoms with Crippen molar-refractivity contribution < 1.29 is 14.2 Å². The molecule has 0 fully saturated rings. The second-order valence-electron chi connectivity index (χ2n) is 4.68. The Morgan fingerprint density at radius 2 is 2.21 bits per heavy atom. The van der Waals surface area contributed by atoms with Gasteiger partial charge in [0.15, 0.2) is 0 Å². The van der Waals surface area contributed by atoms with Gasteiger partial charge in [-0.25, -0.2) is 4.39 Å². The maximum Gasteiger partial charge on any atom is 0.129 e. The van der Waals surface area contributed by atoms with E-state index in [4.69, 9.17) is 9.84 Å². The molecular weight excluding hydrogens is 243 g/mol. The van der Waals surface area contributed by atoms with Crippen molar-refractivity contribution in [1.29, 1.82) is 0 Å². The van der Waals surface area contributed by atoms with Crippen molar-refractivity contribution in [1.82, 2.24) is 0 Å². The second kappa shape index (κ2) is 8.68. The van der Waals surface area contributed by atoms with E-state index in [1.807, 2.05) is 0 Å². The van der Waals surface area contributed by atoms with Crippen LogP contribution < -0.4 is 0 Å². The van der Waals surface area contributed by atoms with Gasteiger partial charge in [-0.05, 0) is 24.5 Å². The first-order chi connectivity index (χ1) is 9.17. The summed E-state index contributed by atoms with van der Waals surface area (Å²) in [7, 11) is 0. The Labute approximate surface area is 114 Å². The van der Waals surface area contributed by atoms with E-state index in [0.717, 1.165) is 12.8 Å². The van der Waals surface area contributed by atoms with Gasteiger partial charge in [0.25, 0.3) is 0 Å². The number of rotatable bonds is 6. The molecule has 0 amide bonds. The van der Waals surface area contributed by atoms with E-state index in [2.05, 4.69) is 25.7 Å². The van der Waals surface area contributed by atoms with Crippen molar-refractivity contribution in [2.24, 2.45) is 5.92 Å². The summed E-state index contributed by atoms with van der Waals surface area (Å²) in [5.74, 6) is 5.35. The fourth-order valence-electron chi connectivity index (χ4n) is 1.83. The minimum atomic E-state index is -0.312. The van der Waals surface area contributed by atoms with Gasteiger partial charge in [-0.1, -0.05) is 38.2 Å². The molecule has 0 aliphatic heterocycles. The Balaban J connectivity index is 2.51. The topological polar surface area (TPSA) is 29.5 Å². The van der Waals surface area contributed by atoms with Crippen molar-refractivity contribution in [3.05, 3.63) is 35.1 Å². The summed E-state index contributed by atoms with van der Waals surface area (Å²) in [6, 6.07) is 4.79. The Kier molecular flexibility index (Phi) is 7.17. The third-order valence-electron chi connectivity index (χ3n) is 2.81. The molecule has 2 nitrogen and oxygen atoms in total. The molecule has 104 valence electrons. The third kappa shape index (κ3) is 5.87. The number of hydrogen-bond acceptors (Lipinski definition) is 2. The van der Waals surface area contributed by atoms with E-state index in [9.17, 15) is 4.39 Å². The lowest BCUT2D eigenvalue weighted by Gasteiger charge is -2.11. The molecule has 0 radical (unpaired) electrons. The Hall–Kier alpha value is -1.37. The van der Waals surface area contributed by atoms with Gasteiger partial charge in [-0.15, -0.1) is 0 Å². The van der Waals surface area contributed by atoms with Crippen LogP contribution in [-0.2, 0) is 11.3 Å². The number of halogens is 1.